The van der Waals surface area contributed by atoms with Gasteiger partial charge in [-0.3, -0.25) is 39.0 Å². The quantitative estimate of drug-likeness (QED) is 0.226. The van der Waals surface area contributed by atoms with Crippen LogP contribution in [0.3, 0.4) is 0 Å². The van der Waals surface area contributed by atoms with Crippen LogP contribution in [0.15, 0.2) is 42.5 Å². The van der Waals surface area contributed by atoms with Crippen molar-refractivity contribution >= 4 is 41.5 Å². The molecule has 0 bridgehead atoms. The number of rotatable bonds is 13. The zero-order valence-corrected chi connectivity index (χ0v) is 21.3. The summed E-state index contributed by atoms with van der Waals surface area (Å²) in [6, 6.07) is 10.3. The van der Waals surface area contributed by atoms with Gasteiger partial charge in [-0.15, -0.1) is 0 Å². The molecule has 2 N–H and O–H groups in total. The summed E-state index contributed by atoms with van der Waals surface area (Å²) in [7, 11) is 0. The molecule has 11 nitrogen and oxygen atoms in total. The lowest BCUT2D eigenvalue weighted by atomic mass is 10.0. The van der Waals surface area contributed by atoms with Crippen LogP contribution in [0.1, 0.15) is 69.6 Å². The lowest BCUT2D eigenvalue weighted by molar-refractivity contribution is -0.136. The average molecular weight is 536 g/mol. The lowest BCUT2D eigenvalue weighted by Crippen LogP contribution is -2.54. The Balaban J connectivity index is 1.17. The van der Waals surface area contributed by atoms with Crippen LogP contribution in [-0.4, -0.2) is 66.6 Å². The molecule has 1 fully saturated rings. The molecule has 1 unspecified atom stereocenters. The number of nitrogens with one attached hydrogen (secondary N) is 2. The number of carbonyl (C=O) groups excluding carboxylic acids is 6. The largest absolute Gasteiger partial charge is 0.491 e. The Morgan fingerprint density at radius 2 is 1.77 bits per heavy atom. The highest BCUT2D eigenvalue weighted by Gasteiger charge is 2.45. The van der Waals surface area contributed by atoms with Crippen LogP contribution < -0.4 is 15.4 Å². The maximum atomic E-state index is 13.1. The Bertz CT molecular complexity index is 1270. The van der Waals surface area contributed by atoms with Crippen molar-refractivity contribution in [2.75, 3.05) is 25.1 Å². The first-order chi connectivity index (χ1) is 18.9. The number of aldehydes is 1. The fourth-order valence-electron chi connectivity index (χ4n) is 4.46. The predicted molar refractivity (Wildman–Crippen MR) is 138 cm³/mol. The number of unbranched alkanes of at least 4 members (excludes halogenated alkanes) is 2. The highest BCUT2D eigenvalue weighted by molar-refractivity contribution is 6.26. The zero-order chi connectivity index (χ0) is 27.8. The van der Waals surface area contributed by atoms with Gasteiger partial charge in [-0.2, -0.15) is 0 Å². The number of piperidine rings is 1. The number of ether oxygens (including phenoxy) is 2. The van der Waals surface area contributed by atoms with E-state index in [0.717, 1.165) is 24.0 Å². The number of amides is 5. The van der Waals surface area contributed by atoms with Gasteiger partial charge >= 0.3 is 0 Å². The minimum atomic E-state index is -1.07. The molecule has 4 rings (SSSR count). The van der Waals surface area contributed by atoms with Gasteiger partial charge in [-0.25, -0.2) is 0 Å². The molecule has 0 aliphatic carbocycles. The van der Waals surface area contributed by atoms with Crippen molar-refractivity contribution in [2.45, 2.75) is 44.6 Å². The number of hydrogen-bond donors (Lipinski definition) is 2. The number of fused-ring (bicyclic) bond motifs is 1. The van der Waals surface area contributed by atoms with Gasteiger partial charge in [0.25, 0.3) is 11.8 Å². The molecule has 0 spiro atoms. The average Bonchev–Trinajstić information content (AvgIpc) is 3.18. The first kappa shape index (κ1) is 27.6. The van der Waals surface area contributed by atoms with Crippen LogP contribution in [0, 0.1) is 0 Å². The molecule has 11 heteroatoms. The van der Waals surface area contributed by atoms with E-state index < -0.39 is 29.7 Å². The molecule has 39 heavy (non-hydrogen) atoms. The monoisotopic (exact) mass is 535 g/mol. The zero-order valence-electron chi connectivity index (χ0n) is 21.3. The van der Waals surface area contributed by atoms with Crippen molar-refractivity contribution in [2.24, 2.45) is 0 Å². The summed E-state index contributed by atoms with van der Waals surface area (Å²) in [5, 5.41) is 4.88. The molecule has 2 aromatic rings. The standard InChI is InChI=1S/C28H29N3O8/c32-17-18-8-10-19(11-9-18)39-16-15-38-14-3-1-2-7-23(33)29-21-6-4-5-20-25(21)28(37)31(27(20)36)22-12-13-24(34)30-26(22)35/h4-6,8-11,17,22H,1-3,7,12-16H2,(H,29,33)(H,30,34,35). The summed E-state index contributed by atoms with van der Waals surface area (Å²) in [5.74, 6) is -2.05. The second-order valence-electron chi connectivity index (χ2n) is 9.18. The summed E-state index contributed by atoms with van der Waals surface area (Å²) in [6.07, 6.45) is 3.22. The molecule has 0 aromatic heterocycles. The highest BCUT2D eigenvalue weighted by atomic mass is 16.5. The fraction of sp³-hybridized carbons (Fsp3) is 0.357. The van der Waals surface area contributed by atoms with E-state index in [1.54, 1.807) is 36.4 Å². The van der Waals surface area contributed by atoms with Gasteiger partial charge in [0.05, 0.1) is 23.4 Å². The van der Waals surface area contributed by atoms with Crippen LogP contribution in [0.2, 0.25) is 0 Å². The van der Waals surface area contributed by atoms with Crippen molar-refractivity contribution in [1.82, 2.24) is 10.2 Å². The van der Waals surface area contributed by atoms with E-state index in [4.69, 9.17) is 9.47 Å². The first-order valence-electron chi connectivity index (χ1n) is 12.8. The number of nitrogens with zero attached hydrogens (tertiary/aromatic N) is 1. The normalized spacial score (nSPS) is 16.6. The number of imide groups is 2. The topological polar surface area (TPSA) is 148 Å². The Labute approximate surface area is 224 Å². The fourth-order valence-corrected chi connectivity index (χ4v) is 4.46. The van der Waals surface area contributed by atoms with Gasteiger partial charge in [-0.05, 0) is 55.7 Å². The second kappa shape index (κ2) is 12.9. The number of benzene rings is 2. The molecule has 2 aliphatic rings. The molecule has 1 atom stereocenters. The van der Waals surface area contributed by atoms with Crippen LogP contribution in [0.4, 0.5) is 5.69 Å². The summed E-state index contributed by atoms with van der Waals surface area (Å²) in [4.78, 5) is 73.8. The molecule has 1 saturated heterocycles. The Hall–Kier alpha value is -4.38. The minimum absolute atomic E-state index is 0.0318. The summed E-state index contributed by atoms with van der Waals surface area (Å²) in [6.45, 7) is 1.32. The van der Waals surface area contributed by atoms with Crippen molar-refractivity contribution in [3.05, 3.63) is 59.2 Å². The third-order valence-corrected chi connectivity index (χ3v) is 6.45. The third kappa shape index (κ3) is 6.74. The minimum Gasteiger partial charge on any atom is -0.491 e. The number of hydrogen-bond acceptors (Lipinski definition) is 8. The molecule has 5 amide bonds. The highest BCUT2D eigenvalue weighted by Crippen LogP contribution is 2.32. The van der Waals surface area contributed by atoms with Crippen molar-refractivity contribution in [3.63, 3.8) is 0 Å². The SMILES string of the molecule is O=Cc1ccc(OCCOCCCCCC(=O)Nc2cccc3c2C(=O)N(C2CCC(=O)NC2=O)C3=O)cc1. The first-order valence-corrected chi connectivity index (χ1v) is 12.8. The Morgan fingerprint density at radius 3 is 2.51 bits per heavy atom. The molecule has 2 heterocycles. The molecular weight excluding hydrogens is 506 g/mol. The summed E-state index contributed by atoms with van der Waals surface area (Å²) >= 11 is 0. The molecule has 0 saturated carbocycles. The van der Waals surface area contributed by atoms with Gasteiger partial charge in [0.2, 0.25) is 17.7 Å². The van der Waals surface area contributed by atoms with Gasteiger partial charge in [0, 0.05) is 25.0 Å². The second-order valence-corrected chi connectivity index (χ2v) is 9.18. The molecule has 0 radical (unpaired) electrons. The summed E-state index contributed by atoms with van der Waals surface area (Å²) < 4.78 is 11.1. The smallest absolute Gasteiger partial charge is 0.264 e. The van der Waals surface area contributed by atoms with Gasteiger partial charge in [-0.1, -0.05) is 12.5 Å². The van der Waals surface area contributed by atoms with Crippen LogP contribution in [0.5, 0.6) is 5.75 Å². The Kier molecular flexibility index (Phi) is 9.16. The maximum absolute atomic E-state index is 13.1. The van der Waals surface area contributed by atoms with Crippen LogP contribution in [0.25, 0.3) is 0 Å². The van der Waals surface area contributed by atoms with Crippen molar-refractivity contribution < 1.29 is 38.2 Å². The van der Waals surface area contributed by atoms with Crippen molar-refractivity contribution in [1.29, 1.82) is 0 Å². The molecule has 204 valence electrons. The van der Waals surface area contributed by atoms with Crippen LogP contribution in [-0.2, 0) is 19.1 Å². The third-order valence-electron chi connectivity index (χ3n) is 6.45. The van der Waals surface area contributed by atoms with E-state index in [2.05, 4.69) is 10.6 Å². The van der Waals surface area contributed by atoms with Crippen LogP contribution >= 0.6 is 0 Å². The van der Waals surface area contributed by atoms with Gasteiger partial charge in [0.15, 0.2) is 0 Å². The van der Waals surface area contributed by atoms with E-state index in [9.17, 15) is 28.8 Å². The van der Waals surface area contributed by atoms with Gasteiger partial charge in [0.1, 0.15) is 24.7 Å². The van der Waals surface area contributed by atoms with E-state index in [1.807, 2.05) is 0 Å². The molecule has 2 aliphatic heterocycles. The molecular formula is C28H29N3O8. The summed E-state index contributed by atoms with van der Waals surface area (Å²) in [5.41, 5.74) is 0.965. The van der Waals surface area contributed by atoms with Gasteiger partial charge < -0.3 is 14.8 Å². The lowest BCUT2D eigenvalue weighted by Gasteiger charge is -2.27. The predicted octanol–water partition coefficient (Wildman–Crippen LogP) is 2.49. The maximum Gasteiger partial charge on any atom is 0.264 e. The number of anilines is 1. The van der Waals surface area contributed by atoms with E-state index in [0.29, 0.717) is 37.6 Å². The van der Waals surface area contributed by atoms with Crippen molar-refractivity contribution in [3.8, 4) is 5.75 Å². The van der Waals surface area contributed by atoms with E-state index in [-0.39, 0.29) is 42.0 Å². The number of carbonyl (C=O) groups is 6. The van der Waals surface area contributed by atoms with E-state index in [1.165, 1.54) is 6.07 Å². The molecule has 2 aromatic carbocycles. The Morgan fingerprint density at radius 1 is 0.974 bits per heavy atom. The van der Waals surface area contributed by atoms with E-state index >= 15 is 0 Å².